The van der Waals surface area contributed by atoms with E-state index in [2.05, 4.69) is 20.0 Å². The van der Waals surface area contributed by atoms with Crippen LogP contribution in [0.1, 0.15) is 41.6 Å². The van der Waals surface area contributed by atoms with Crippen LogP contribution in [0.4, 0.5) is 11.5 Å². The number of amides is 1. The zero-order valence-electron chi connectivity index (χ0n) is 18.9. The van der Waals surface area contributed by atoms with Gasteiger partial charge in [0.15, 0.2) is 5.75 Å². The Labute approximate surface area is 208 Å². The summed E-state index contributed by atoms with van der Waals surface area (Å²) in [6.07, 6.45) is 1.82. The molecule has 0 bridgehead atoms. The number of hydrogen-bond donors (Lipinski definition) is 2. The molecule has 1 amide bonds. The van der Waals surface area contributed by atoms with Crippen molar-refractivity contribution < 1.29 is 17.9 Å². The summed E-state index contributed by atoms with van der Waals surface area (Å²) in [4.78, 5) is 20.9. The molecule has 0 fully saturated rings. The van der Waals surface area contributed by atoms with Crippen LogP contribution in [0.3, 0.4) is 0 Å². The lowest BCUT2D eigenvalue weighted by Crippen LogP contribution is -2.15. The minimum Gasteiger partial charge on any atom is -0.490 e. The van der Waals surface area contributed by atoms with Crippen LogP contribution < -0.4 is 14.8 Å². The van der Waals surface area contributed by atoms with Crippen molar-refractivity contribution in [3.8, 4) is 5.75 Å². The van der Waals surface area contributed by atoms with Gasteiger partial charge in [-0.3, -0.25) is 9.52 Å². The number of nitrogens with zero attached hydrogens (tertiary/aromatic N) is 2. The monoisotopic (exact) mass is 522 g/mol. The smallest absolute Gasteiger partial charge is 0.263 e. The van der Waals surface area contributed by atoms with Crippen molar-refractivity contribution in [2.24, 2.45) is 0 Å². The Morgan fingerprint density at radius 3 is 2.26 bits per heavy atom. The van der Waals surface area contributed by atoms with Crippen LogP contribution in [0.25, 0.3) is 0 Å². The minimum atomic E-state index is -3.87. The number of aromatic nitrogens is 2. The third-order valence-corrected chi connectivity index (χ3v) is 6.56. The molecule has 1 aromatic heterocycles. The van der Waals surface area contributed by atoms with Gasteiger partial charge in [0.1, 0.15) is 11.6 Å². The first-order chi connectivity index (χ1) is 16.1. The normalized spacial score (nSPS) is 11.2. The molecule has 0 radical (unpaired) electrons. The molecule has 0 spiro atoms. The molecule has 3 aromatic rings. The Hall–Kier alpha value is -2.88. The van der Waals surface area contributed by atoms with Crippen molar-refractivity contribution in [2.45, 2.75) is 38.5 Å². The molecule has 3 rings (SSSR count). The van der Waals surface area contributed by atoms with Crippen molar-refractivity contribution in [1.29, 1.82) is 0 Å². The standard InChI is InChI=1S/C23H24Cl2N4O4S/c1-4-5-10-33-22-19(24)12-16(13-20(22)25)23(30)28-17-6-8-18(9-7-17)34(31,32)29-21-11-14(2)26-15(3)27-21/h6-9,11-13H,4-5,10H2,1-3H3,(H,28,30)(H,26,27,29). The first-order valence-corrected chi connectivity index (χ1v) is 12.7. The van der Waals surface area contributed by atoms with Crippen molar-refractivity contribution >= 4 is 50.6 Å². The maximum absolute atomic E-state index is 12.7. The van der Waals surface area contributed by atoms with Crippen molar-refractivity contribution in [3.05, 3.63) is 69.6 Å². The Kier molecular flexibility index (Phi) is 8.35. The van der Waals surface area contributed by atoms with Gasteiger partial charge in [0.05, 0.1) is 21.5 Å². The van der Waals surface area contributed by atoms with Crippen LogP contribution in [0.5, 0.6) is 5.75 Å². The van der Waals surface area contributed by atoms with Crippen LogP contribution in [-0.2, 0) is 10.0 Å². The highest BCUT2D eigenvalue weighted by atomic mass is 35.5. The summed E-state index contributed by atoms with van der Waals surface area (Å²) in [6, 6.07) is 10.2. The number of sulfonamides is 1. The second kappa shape index (κ2) is 11.0. The Morgan fingerprint density at radius 2 is 1.68 bits per heavy atom. The van der Waals surface area contributed by atoms with Gasteiger partial charge in [0.25, 0.3) is 15.9 Å². The maximum Gasteiger partial charge on any atom is 0.263 e. The topological polar surface area (TPSA) is 110 Å². The molecule has 0 aliphatic heterocycles. The van der Waals surface area contributed by atoms with Gasteiger partial charge in [-0.1, -0.05) is 36.5 Å². The van der Waals surface area contributed by atoms with Crippen LogP contribution in [0.15, 0.2) is 47.4 Å². The van der Waals surface area contributed by atoms with Crippen LogP contribution >= 0.6 is 23.2 Å². The molecule has 0 aliphatic carbocycles. The molecule has 2 aromatic carbocycles. The average molecular weight is 523 g/mol. The molecule has 34 heavy (non-hydrogen) atoms. The highest BCUT2D eigenvalue weighted by Gasteiger charge is 2.17. The highest BCUT2D eigenvalue weighted by molar-refractivity contribution is 7.92. The molecular weight excluding hydrogens is 499 g/mol. The molecule has 0 atom stereocenters. The number of benzene rings is 2. The van der Waals surface area contributed by atoms with Crippen LogP contribution in [-0.4, -0.2) is 30.9 Å². The molecule has 1 heterocycles. The molecular formula is C23H24Cl2N4O4S. The van der Waals surface area contributed by atoms with Crippen LogP contribution in [0, 0.1) is 13.8 Å². The number of halogens is 2. The number of nitrogens with one attached hydrogen (secondary N) is 2. The lowest BCUT2D eigenvalue weighted by molar-refractivity contribution is 0.102. The van der Waals surface area contributed by atoms with Gasteiger partial charge in [-0.15, -0.1) is 0 Å². The van der Waals surface area contributed by atoms with Gasteiger partial charge in [0, 0.05) is 23.0 Å². The summed E-state index contributed by atoms with van der Waals surface area (Å²) in [5.74, 6) is 0.517. The molecule has 0 saturated carbocycles. The summed E-state index contributed by atoms with van der Waals surface area (Å²) in [5.41, 5.74) is 1.28. The lowest BCUT2D eigenvalue weighted by atomic mass is 10.2. The molecule has 0 unspecified atom stereocenters. The number of carbonyl (C=O) groups excluding carboxylic acids is 1. The van der Waals surface area contributed by atoms with Crippen LogP contribution in [0.2, 0.25) is 10.0 Å². The first kappa shape index (κ1) is 25.7. The van der Waals surface area contributed by atoms with E-state index in [9.17, 15) is 13.2 Å². The molecule has 0 aliphatic rings. The zero-order chi connectivity index (χ0) is 24.9. The van der Waals surface area contributed by atoms with E-state index in [1.807, 2.05) is 6.92 Å². The Morgan fingerprint density at radius 1 is 1.03 bits per heavy atom. The van der Waals surface area contributed by atoms with E-state index in [0.29, 0.717) is 29.6 Å². The predicted octanol–water partition coefficient (Wildman–Crippen LogP) is 5.63. The van der Waals surface area contributed by atoms with E-state index >= 15 is 0 Å². The number of hydrogen-bond acceptors (Lipinski definition) is 6. The van der Waals surface area contributed by atoms with Gasteiger partial charge in [-0.05, 0) is 56.7 Å². The Bertz CT molecular complexity index is 1260. The molecule has 11 heteroatoms. The molecule has 2 N–H and O–H groups in total. The van der Waals surface area contributed by atoms with E-state index in [1.165, 1.54) is 42.5 Å². The fourth-order valence-electron chi connectivity index (χ4n) is 3.03. The van der Waals surface area contributed by atoms with Gasteiger partial charge < -0.3 is 10.1 Å². The fraction of sp³-hybridized carbons (Fsp3) is 0.261. The largest absolute Gasteiger partial charge is 0.490 e. The second-order valence-electron chi connectivity index (χ2n) is 7.50. The van der Waals surface area contributed by atoms with E-state index in [0.717, 1.165) is 12.8 Å². The van der Waals surface area contributed by atoms with Crippen molar-refractivity contribution in [3.63, 3.8) is 0 Å². The number of ether oxygens (including phenoxy) is 1. The third-order valence-electron chi connectivity index (χ3n) is 4.63. The predicted molar refractivity (Wildman–Crippen MR) is 134 cm³/mol. The number of carbonyl (C=O) groups is 1. The summed E-state index contributed by atoms with van der Waals surface area (Å²) in [7, 11) is -3.87. The summed E-state index contributed by atoms with van der Waals surface area (Å²) in [5, 5.41) is 3.16. The maximum atomic E-state index is 12.7. The Balaban J connectivity index is 1.71. The van der Waals surface area contributed by atoms with E-state index in [4.69, 9.17) is 27.9 Å². The average Bonchev–Trinajstić information content (AvgIpc) is 2.75. The van der Waals surface area contributed by atoms with Gasteiger partial charge in [0.2, 0.25) is 0 Å². The quantitative estimate of drug-likeness (QED) is 0.352. The van der Waals surface area contributed by atoms with Crippen molar-refractivity contribution in [1.82, 2.24) is 9.97 Å². The number of aryl methyl sites for hydroxylation is 2. The second-order valence-corrected chi connectivity index (χ2v) is 9.99. The highest BCUT2D eigenvalue weighted by Crippen LogP contribution is 2.34. The first-order valence-electron chi connectivity index (χ1n) is 10.5. The zero-order valence-corrected chi connectivity index (χ0v) is 21.2. The SMILES string of the molecule is CCCCOc1c(Cl)cc(C(=O)Nc2ccc(S(=O)(=O)Nc3cc(C)nc(C)n3)cc2)cc1Cl. The fourth-order valence-corrected chi connectivity index (χ4v) is 4.62. The number of rotatable bonds is 9. The van der Waals surface area contributed by atoms with E-state index in [1.54, 1.807) is 13.8 Å². The van der Waals surface area contributed by atoms with E-state index in [-0.39, 0.29) is 26.3 Å². The summed E-state index contributed by atoms with van der Waals surface area (Å²) in [6.45, 7) is 5.94. The van der Waals surface area contributed by atoms with Gasteiger partial charge in [-0.25, -0.2) is 18.4 Å². The molecule has 8 nitrogen and oxygen atoms in total. The third kappa shape index (κ3) is 6.59. The molecule has 0 saturated heterocycles. The lowest BCUT2D eigenvalue weighted by Gasteiger charge is -2.12. The summed E-state index contributed by atoms with van der Waals surface area (Å²) >= 11 is 12.5. The molecule has 180 valence electrons. The summed E-state index contributed by atoms with van der Waals surface area (Å²) < 4.78 is 33.4. The number of anilines is 2. The minimum absolute atomic E-state index is 0.0130. The van der Waals surface area contributed by atoms with Gasteiger partial charge in [-0.2, -0.15) is 0 Å². The van der Waals surface area contributed by atoms with Gasteiger partial charge >= 0.3 is 0 Å². The van der Waals surface area contributed by atoms with Crippen molar-refractivity contribution in [2.75, 3.05) is 16.6 Å². The number of unbranched alkanes of at least 4 members (excludes halogenated alkanes) is 1. The van der Waals surface area contributed by atoms with E-state index < -0.39 is 15.9 Å².